The molecule has 21 heavy (non-hydrogen) atoms. The molecule has 0 aliphatic heterocycles. The predicted octanol–water partition coefficient (Wildman–Crippen LogP) is 3.32. The molecule has 0 amide bonds. The Morgan fingerprint density at radius 3 is 2.43 bits per heavy atom. The van der Waals surface area contributed by atoms with Gasteiger partial charge in [0, 0.05) is 13.5 Å². The van der Waals surface area contributed by atoms with E-state index in [9.17, 15) is 0 Å². The zero-order chi connectivity index (χ0) is 17.0. The van der Waals surface area contributed by atoms with E-state index in [1.54, 1.807) is 0 Å². The van der Waals surface area contributed by atoms with Crippen LogP contribution in [0.25, 0.3) is 0 Å². The minimum atomic E-state index is -1.30. The Morgan fingerprint density at radius 2 is 1.95 bits per heavy atom. The van der Waals surface area contributed by atoms with E-state index in [-0.39, 0.29) is 38.3 Å². The fourth-order valence-electron chi connectivity index (χ4n) is 1.67. The zero-order valence-electron chi connectivity index (χ0n) is 14.4. The Bertz CT molecular complexity index is 361. The third-order valence-corrected chi connectivity index (χ3v) is 4.51. The zero-order valence-corrected chi connectivity index (χ0v) is 14.3. The molecule has 0 heterocycles. The lowest BCUT2D eigenvalue weighted by Gasteiger charge is -2.35. The second-order valence-corrected chi connectivity index (χ2v) is 6.43. The van der Waals surface area contributed by atoms with E-state index < -0.39 is 8.53 Å². The van der Waals surface area contributed by atoms with Crippen molar-refractivity contribution in [3.63, 3.8) is 0 Å². The van der Waals surface area contributed by atoms with Crippen LogP contribution in [0.5, 0.6) is 0 Å². The molecule has 2 unspecified atom stereocenters. The van der Waals surface area contributed by atoms with Crippen LogP contribution in [0.15, 0.2) is 0 Å². The van der Waals surface area contributed by atoms with E-state index in [0.717, 1.165) is 0 Å². The summed E-state index contributed by atoms with van der Waals surface area (Å²) < 4.78 is 26.6. The molecule has 0 saturated carbocycles. The highest BCUT2D eigenvalue weighted by Crippen LogP contribution is 2.46. The average molecular weight is 315 g/mol. The van der Waals surface area contributed by atoms with E-state index in [0.29, 0.717) is 13.0 Å². The van der Waals surface area contributed by atoms with E-state index in [4.69, 9.17) is 26.8 Å². The van der Waals surface area contributed by atoms with Gasteiger partial charge in [-0.1, -0.05) is 5.92 Å². The lowest BCUT2D eigenvalue weighted by molar-refractivity contribution is 0.0441. The van der Waals surface area contributed by atoms with Crippen LogP contribution in [-0.2, 0) is 13.8 Å². The highest BCUT2D eigenvalue weighted by atomic mass is 31.2. The van der Waals surface area contributed by atoms with Crippen molar-refractivity contribution in [1.82, 2.24) is 4.67 Å². The normalized spacial score (nSPS) is 14.8. The standard InChI is InChI=1S/C15H27N2O3P/c1-7-10-18-15(6)12-20-21(19-11-8-9-16)17(13(2)3)14(4)5/h1,13-15H,8,10-12H2,2-6H3/i6D. The maximum Gasteiger partial charge on any atom is 0.259 e. The second-order valence-electron chi connectivity index (χ2n) is 4.98. The first kappa shape index (κ1) is 18.4. The lowest BCUT2D eigenvalue weighted by Crippen LogP contribution is -2.34. The molecule has 0 saturated heterocycles. The third kappa shape index (κ3) is 9.04. The van der Waals surface area contributed by atoms with Crippen LogP contribution >= 0.6 is 8.53 Å². The third-order valence-electron chi connectivity index (χ3n) is 2.44. The number of hydrogen-bond acceptors (Lipinski definition) is 5. The predicted molar refractivity (Wildman–Crippen MR) is 85.4 cm³/mol. The summed E-state index contributed by atoms with van der Waals surface area (Å²) >= 11 is 0. The van der Waals surface area contributed by atoms with Gasteiger partial charge < -0.3 is 13.8 Å². The summed E-state index contributed by atoms with van der Waals surface area (Å²) in [5.74, 6) is 2.39. The summed E-state index contributed by atoms with van der Waals surface area (Å²) in [6, 6.07) is 2.55. The molecular weight excluding hydrogens is 287 g/mol. The Kier molecular flexibility index (Phi) is 10.4. The Balaban J connectivity index is 4.70. The molecular formula is C15H27N2O3P. The van der Waals surface area contributed by atoms with Crippen LogP contribution in [0.4, 0.5) is 0 Å². The molecule has 0 rings (SSSR count). The highest BCUT2D eigenvalue weighted by Gasteiger charge is 2.27. The van der Waals surface area contributed by atoms with Gasteiger partial charge in [-0.15, -0.1) is 6.42 Å². The van der Waals surface area contributed by atoms with Gasteiger partial charge in [-0.2, -0.15) is 5.26 Å². The van der Waals surface area contributed by atoms with Crippen molar-refractivity contribution in [3.05, 3.63) is 0 Å². The molecule has 0 bridgehead atoms. The topological polar surface area (TPSA) is 54.7 Å². The molecule has 2 atom stereocenters. The summed E-state index contributed by atoms with van der Waals surface area (Å²) in [5, 5.41) is 8.65. The minimum absolute atomic E-state index is 0.0758. The van der Waals surface area contributed by atoms with Gasteiger partial charge in [0.15, 0.2) is 0 Å². The van der Waals surface area contributed by atoms with Gasteiger partial charge in [0.25, 0.3) is 8.53 Å². The Labute approximate surface area is 131 Å². The molecule has 0 aromatic heterocycles. The van der Waals surface area contributed by atoms with Crippen molar-refractivity contribution >= 4 is 8.53 Å². The Morgan fingerprint density at radius 1 is 1.29 bits per heavy atom. The second kappa shape index (κ2) is 11.9. The summed E-state index contributed by atoms with van der Waals surface area (Å²) in [5.41, 5.74) is 0. The quantitative estimate of drug-likeness (QED) is 0.332. The molecule has 0 aromatic carbocycles. The van der Waals surface area contributed by atoms with Crippen molar-refractivity contribution in [1.29, 1.82) is 5.26 Å². The fraction of sp³-hybridized carbons (Fsp3) is 0.800. The molecule has 0 radical (unpaired) electrons. The van der Waals surface area contributed by atoms with Gasteiger partial charge >= 0.3 is 0 Å². The smallest absolute Gasteiger partial charge is 0.259 e. The first-order chi connectivity index (χ1) is 10.5. The number of hydrogen-bond donors (Lipinski definition) is 0. The van der Waals surface area contributed by atoms with Gasteiger partial charge in [0.2, 0.25) is 0 Å². The fourth-order valence-corrected chi connectivity index (χ4v) is 3.31. The molecule has 5 nitrogen and oxygen atoms in total. The van der Waals surface area contributed by atoms with E-state index in [1.807, 2.05) is 0 Å². The average Bonchev–Trinajstić information content (AvgIpc) is 2.46. The number of rotatable bonds is 11. The molecule has 0 aliphatic rings. The summed E-state index contributed by atoms with van der Waals surface area (Å²) in [4.78, 5) is 0. The van der Waals surface area contributed by atoms with Crippen molar-refractivity contribution < 1.29 is 15.2 Å². The van der Waals surface area contributed by atoms with E-state index in [1.165, 1.54) is 0 Å². The van der Waals surface area contributed by atoms with Crippen molar-refractivity contribution in [2.45, 2.75) is 59.2 Å². The number of ether oxygens (including phenoxy) is 1. The summed E-state index contributed by atoms with van der Waals surface area (Å²) in [6.07, 6.45) is 5.11. The van der Waals surface area contributed by atoms with Gasteiger partial charge in [-0.05, 0) is 34.6 Å². The van der Waals surface area contributed by atoms with Gasteiger partial charge in [-0.3, -0.25) is 0 Å². The molecule has 0 fully saturated rings. The minimum Gasteiger partial charge on any atom is -0.363 e. The highest BCUT2D eigenvalue weighted by molar-refractivity contribution is 7.44. The maximum atomic E-state index is 8.65. The monoisotopic (exact) mass is 315 g/mol. The van der Waals surface area contributed by atoms with Crippen LogP contribution in [0, 0.1) is 23.7 Å². The first-order valence-electron chi connectivity index (χ1n) is 7.74. The molecule has 6 heteroatoms. The number of nitriles is 1. The van der Waals surface area contributed by atoms with Crippen molar-refractivity contribution in [2.24, 2.45) is 0 Å². The lowest BCUT2D eigenvalue weighted by atomic mass is 10.3. The molecule has 0 aliphatic carbocycles. The van der Waals surface area contributed by atoms with Crippen LogP contribution in [0.2, 0.25) is 0 Å². The van der Waals surface area contributed by atoms with Crippen molar-refractivity contribution in [2.75, 3.05) is 19.8 Å². The SMILES string of the molecule is [2H]CC(COP(OCCC#N)N(C(C)C)C(C)C)OCC#C. The number of terminal acetylenes is 1. The van der Waals surface area contributed by atoms with Gasteiger partial charge in [0.05, 0.1) is 31.8 Å². The van der Waals surface area contributed by atoms with E-state index in [2.05, 4.69) is 44.4 Å². The molecule has 0 N–H and O–H groups in total. The molecule has 120 valence electrons. The summed E-state index contributed by atoms with van der Waals surface area (Å²) in [7, 11) is -1.30. The molecule has 0 aromatic rings. The van der Waals surface area contributed by atoms with Crippen LogP contribution in [-0.4, -0.2) is 42.7 Å². The largest absolute Gasteiger partial charge is 0.363 e. The van der Waals surface area contributed by atoms with Gasteiger partial charge in [0.1, 0.15) is 6.61 Å². The van der Waals surface area contributed by atoms with Crippen molar-refractivity contribution in [3.8, 4) is 18.4 Å². The number of nitrogens with zero attached hydrogens (tertiary/aromatic N) is 2. The van der Waals surface area contributed by atoms with E-state index >= 15 is 0 Å². The Hall–Kier alpha value is -0.680. The first-order valence-corrected chi connectivity index (χ1v) is 8.16. The summed E-state index contributed by atoms with van der Waals surface area (Å²) in [6.45, 7) is 9.11. The maximum absolute atomic E-state index is 8.65. The van der Waals surface area contributed by atoms with Crippen LogP contribution < -0.4 is 0 Å². The van der Waals surface area contributed by atoms with Gasteiger partial charge in [-0.25, -0.2) is 4.67 Å². The van der Waals surface area contributed by atoms with Crippen LogP contribution in [0.3, 0.4) is 0 Å². The molecule has 0 spiro atoms. The van der Waals surface area contributed by atoms with Crippen LogP contribution in [0.1, 0.15) is 42.4 Å².